The van der Waals surface area contributed by atoms with Crippen molar-refractivity contribution in [3.05, 3.63) is 16.9 Å². The van der Waals surface area contributed by atoms with Crippen LogP contribution in [0, 0.1) is 5.92 Å². The summed E-state index contributed by atoms with van der Waals surface area (Å²) in [5.41, 5.74) is -5.47. The number of carbonyl (C=O) groups is 4. The second-order valence-electron chi connectivity index (χ2n) is 14.9. The van der Waals surface area contributed by atoms with E-state index < -0.39 is 49.0 Å². The van der Waals surface area contributed by atoms with Gasteiger partial charge in [0.2, 0.25) is 23.0 Å². The van der Waals surface area contributed by atoms with Crippen molar-refractivity contribution >= 4 is 72.3 Å². The number of carbonyl (C=O) groups excluding carboxylic acids is 4. The zero-order valence-electron chi connectivity index (χ0n) is 36.3. The third-order valence-corrected chi connectivity index (χ3v) is 11.0. The molecule has 0 radical (unpaired) electrons. The summed E-state index contributed by atoms with van der Waals surface area (Å²) in [6.45, 7) is 15.5. The van der Waals surface area contributed by atoms with Gasteiger partial charge in [-0.1, -0.05) is 0 Å². The molecule has 0 aromatic carbocycles. The summed E-state index contributed by atoms with van der Waals surface area (Å²) in [5, 5.41) is 21.6. The van der Waals surface area contributed by atoms with Crippen molar-refractivity contribution in [2.24, 2.45) is 5.92 Å². The minimum atomic E-state index is -1.87. The van der Waals surface area contributed by atoms with Crippen LogP contribution >= 0.6 is 28.3 Å². The molecular weight excluding hydrogens is 894 g/mol. The van der Waals surface area contributed by atoms with Gasteiger partial charge in [0, 0.05) is 64.0 Å². The Bertz CT molecular complexity index is 1460. The molecule has 0 spiro atoms. The quantitative estimate of drug-likeness (QED) is 0.164. The lowest BCUT2D eigenvalue weighted by Crippen LogP contribution is -2.51. The van der Waals surface area contributed by atoms with Crippen molar-refractivity contribution < 1.29 is 61.3 Å². The van der Waals surface area contributed by atoms with Crippen molar-refractivity contribution in [3.8, 4) is 0 Å². The second-order valence-corrected chi connectivity index (χ2v) is 15.8. The van der Waals surface area contributed by atoms with E-state index in [0.717, 1.165) is 30.4 Å². The molecule has 16 nitrogen and oxygen atoms in total. The van der Waals surface area contributed by atoms with Crippen LogP contribution in [0.4, 0.5) is 19.1 Å². The molecule has 4 saturated heterocycles. The molecule has 4 aliphatic heterocycles. The van der Waals surface area contributed by atoms with Gasteiger partial charge in [-0.15, -0.1) is 12.4 Å². The van der Waals surface area contributed by atoms with Crippen LogP contribution in [0.3, 0.4) is 0 Å². The molecule has 1 aromatic heterocycles. The highest BCUT2D eigenvalue weighted by Crippen LogP contribution is 2.30. The van der Waals surface area contributed by atoms with E-state index >= 15 is 0 Å². The Balaban J connectivity index is 0.000000410. The summed E-state index contributed by atoms with van der Waals surface area (Å²) < 4.78 is 61.8. The lowest BCUT2D eigenvalue weighted by Gasteiger charge is -2.35. The van der Waals surface area contributed by atoms with E-state index in [1.807, 2.05) is 16.6 Å². The van der Waals surface area contributed by atoms with Gasteiger partial charge >= 0.3 is 38.0 Å². The standard InChI is InChI=1S/C12H15BrFN3O2.C9H17BFNO3.C9H18BNO3.C8H14FNO2.ClH/c1-2-19-10(18)12(14)3-5-17(6-4-12)11-15-7-9(13)8-16-11;1-3-15-8(13)9(11)4-6-12(7-5-9)10(2)14;1-3-14-9(12)8-4-6-11(7-5-8)10(2)13;1-2-12-7(11)8(9)3-5-10-6-4-8;/h7-8H,2-6H2,1H3;14H,3-7H2,1-2H3;8,13H,3-7H2,1-2H3;10H,2-6H2,1H3;1H. The summed E-state index contributed by atoms with van der Waals surface area (Å²) in [6.07, 6.45) is 5.73. The third kappa shape index (κ3) is 18.5. The second kappa shape index (κ2) is 28.1. The molecule has 5 heterocycles. The lowest BCUT2D eigenvalue weighted by atomic mass is 9.80. The Morgan fingerprint density at radius 3 is 1.43 bits per heavy atom. The average Bonchev–Trinajstić information content (AvgIpc) is 3.23. The highest BCUT2D eigenvalue weighted by molar-refractivity contribution is 9.10. The minimum absolute atomic E-state index is 0. The number of esters is 4. The van der Waals surface area contributed by atoms with Crippen molar-refractivity contribution in [2.75, 3.05) is 83.7 Å². The van der Waals surface area contributed by atoms with Crippen LogP contribution in [0.2, 0.25) is 13.6 Å². The number of nitrogens with zero attached hydrogens (tertiary/aromatic N) is 5. The van der Waals surface area contributed by atoms with Crippen LogP contribution in [0.15, 0.2) is 16.9 Å². The number of rotatable bonds is 11. The summed E-state index contributed by atoms with van der Waals surface area (Å²) in [4.78, 5) is 59.2. The number of hydrogen-bond acceptors (Lipinski definition) is 16. The van der Waals surface area contributed by atoms with Gasteiger partial charge in [0.1, 0.15) is 0 Å². The van der Waals surface area contributed by atoms with Gasteiger partial charge in [-0.3, -0.25) is 4.79 Å². The lowest BCUT2D eigenvalue weighted by molar-refractivity contribution is -0.160. The van der Waals surface area contributed by atoms with Gasteiger partial charge in [-0.25, -0.2) is 37.5 Å². The molecule has 23 heteroatoms. The molecule has 4 aliphatic rings. The maximum absolute atomic E-state index is 14.4. The van der Waals surface area contributed by atoms with Crippen LogP contribution in [0.5, 0.6) is 0 Å². The molecule has 3 N–H and O–H groups in total. The number of alkyl halides is 3. The molecular formula is C38H65B2BrClF3N6O10. The van der Waals surface area contributed by atoms with Gasteiger partial charge in [-0.2, -0.15) is 0 Å². The topological polar surface area (TPSA) is 193 Å². The fraction of sp³-hybridized carbons (Fsp3) is 0.789. The number of aromatic nitrogens is 2. The molecule has 0 aliphatic carbocycles. The third-order valence-electron chi connectivity index (χ3n) is 10.6. The van der Waals surface area contributed by atoms with Crippen LogP contribution in [0.1, 0.15) is 79.1 Å². The Labute approximate surface area is 373 Å². The maximum atomic E-state index is 14.4. The Hall–Kier alpha value is -2.75. The first-order valence-electron chi connectivity index (χ1n) is 20.9. The van der Waals surface area contributed by atoms with Crippen LogP contribution < -0.4 is 10.2 Å². The predicted octanol–water partition coefficient (Wildman–Crippen LogP) is 4.01. The van der Waals surface area contributed by atoms with Crippen LogP contribution in [-0.4, -0.2) is 163 Å². The predicted molar refractivity (Wildman–Crippen MR) is 231 cm³/mol. The van der Waals surface area contributed by atoms with E-state index in [0.29, 0.717) is 51.8 Å². The van der Waals surface area contributed by atoms with Gasteiger partial charge in [0.15, 0.2) is 0 Å². The average molecular weight is 960 g/mol. The molecule has 0 bridgehead atoms. The normalized spacial score (nSPS) is 19.6. The number of anilines is 1. The smallest absolute Gasteiger partial charge is 0.376 e. The van der Waals surface area contributed by atoms with Crippen molar-refractivity contribution in [1.29, 1.82) is 0 Å². The van der Waals surface area contributed by atoms with E-state index in [-0.39, 0.29) is 82.6 Å². The van der Waals surface area contributed by atoms with E-state index in [1.54, 1.807) is 51.6 Å². The molecule has 0 saturated carbocycles. The summed E-state index contributed by atoms with van der Waals surface area (Å²) in [7, 11) is -0.991. The van der Waals surface area contributed by atoms with Gasteiger partial charge < -0.3 is 48.8 Å². The summed E-state index contributed by atoms with van der Waals surface area (Å²) in [6, 6.07) is 0. The summed E-state index contributed by atoms with van der Waals surface area (Å²) in [5.74, 6) is -1.73. The zero-order valence-corrected chi connectivity index (χ0v) is 38.7. The van der Waals surface area contributed by atoms with Crippen molar-refractivity contribution in [3.63, 3.8) is 0 Å². The molecule has 348 valence electrons. The number of piperidine rings is 4. The fourth-order valence-corrected chi connectivity index (χ4v) is 6.97. The molecule has 5 rings (SSSR count). The fourth-order valence-electron chi connectivity index (χ4n) is 6.77. The van der Waals surface area contributed by atoms with E-state index in [1.165, 1.54) is 0 Å². The van der Waals surface area contributed by atoms with Crippen LogP contribution in [-0.2, 0) is 38.1 Å². The van der Waals surface area contributed by atoms with E-state index in [2.05, 4.69) is 40.7 Å². The highest BCUT2D eigenvalue weighted by atomic mass is 79.9. The first kappa shape index (κ1) is 56.3. The van der Waals surface area contributed by atoms with Crippen LogP contribution in [0.25, 0.3) is 0 Å². The SMILES string of the molecule is CCOC(=O)C1(F)CCN(B(C)O)CC1.CCOC(=O)C1(F)CCN(c2ncc(Br)cn2)CC1.CCOC(=O)C1(F)CCNCC1.CCOC(=O)C1CCN(B(C)O)CC1.Cl. The van der Waals surface area contributed by atoms with Crippen molar-refractivity contribution in [1.82, 2.24) is 24.9 Å². The van der Waals surface area contributed by atoms with Gasteiger partial charge in [0.05, 0.1) is 36.8 Å². The largest absolute Gasteiger partial charge is 0.466 e. The molecule has 0 unspecified atom stereocenters. The Morgan fingerprint density at radius 2 is 1.05 bits per heavy atom. The van der Waals surface area contributed by atoms with Crippen molar-refractivity contribution in [2.45, 2.75) is 110 Å². The van der Waals surface area contributed by atoms with E-state index in [9.17, 15) is 42.4 Å². The highest BCUT2D eigenvalue weighted by Gasteiger charge is 2.45. The summed E-state index contributed by atoms with van der Waals surface area (Å²) >= 11 is 3.26. The molecule has 0 atom stereocenters. The molecule has 0 amide bonds. The Morgan fingerprint density at radius 1 is 0.689 bits per heavy atom. The number of halogens is 5. The Kier molecular flexibility index (Phi) is 25.9. The molecule has 4 fully saturated rings. The number of nitrogens with one attached hydrogen (secondary N) is 1. The first-order chi connectivity index (χ1) is 28.4. The van der Waals surface area contributed by atoms with E-state index in [4.69, 9.17) is 9.47 Å². The van der Waals surface area contributed by atoms with Gasteiger partial charge in [0.25, 0.3) is 0 Å². The molecule has 61 heavy (non-hydrogen) atoms. The minimum Gasteiger partial charge on any atom is -0.466 e. The molecule has 1 aromatic rings. The maximum Gasteiger partial charge on any atom is 0.376 e. The number of hydrogen-bond donors (Lipinski definition) is 3. The monoisotopic (exact) mass is 958 g/mol. The van der Waals surface area contributed by atoms with Gasteiger partial charge in [-0.05, 0) is 109 Å². The first-order valence-corrected chi connectivity index (χ1v) is 21.7. The zero-order chi connectivity index (χ0) is 44.9. The number of ether oxygens (including phenoxy) is 4.